The second-order valence-electron chi connectivity index (χ2n) is 13.2. The van der Waals surface area contributed by atoms with Crippen molar-refractivity contribution < 1.29 is 24.2 Å². The first-order valence-corrected chi connectivity index (χ1v) is 15.4. The highest BCUT2D eigenvalue weighted by atomic mass is 16.7. The maximum atomic E-state index is 14.2. The minimum atomic E-state index is -2.03. The summed E-state index contributed by atoms with van der Waals surface area (Å²) < 4.78 is 6.25. The van der Waals surface area contributed by atoms with Gasteiger partial charge in [0.15, 0.2) is 0 Å². The lowest BCUT2D eigenvalue weighted by molar-refractivity contribution is -0.315. The average Bonchev–Trinajstić information content (AvgIpc) is 3.70. The van der Waals surface area contributed by atoms with E-state index in [4.69, 9.17) is 4.74 Å². The molecular weight excluding hydrogens is 546 g/mol. The fourth-order valence-electron chi connectivity index (χ4n) is 8.65. The molecule has 3 N–H and O–H groups in total. The normalized spacial score (nSPS) is 35.2. The fourth-order valence-corrected chi connectivity index (χ4v) is 8.65. The first-order chi connectivity index (χ1) is 20.7. The third-order valence-electron chi connectivity index (χ3n) is 10.6. The van der Waals surface area contributed by atoms with Crippen molar-refractivity contribution in [2.45, 2.75) is 74.7 Å². The standard InChI is InChI=1S/C33H37N5O5/c1-32(35-29(39)21-15-23-22-10-6-11-24-28(22)20(17-34-24)16-25(23)36(2)18-21)31(41)38-26(14-19-8-4-3-5-9-19)30(40)37-13-7-12-27(37)33(38,42)43-32/h3-6,8-11,17,21,23,25-27,34,42H,7,12-16,18H2,1-2H3,(H,35,39)/t21-,23-,25+,26-,27-,32+,33+/m1/s1. The molecule has 8 rings (SSSR count). The summed E-state index contributed by atoms with van der Waals surface area (Å²) in [5, 5.41) is 16.2. The van der Waals surface area contributed by atoms with E-state index in [0.717, 1.165) is 17.5 Å². The molecule has 4 fully saturated rings. The summed E-state index contributed by atoms with van der Waals surface area (Å²) in [4.78, 5) is 50.4. The molecule has 0 bridgehead atoms. The lowest BCUT2D eigenvalue weighted by Crippen LogP contribution is -2.71. The van der Waals surface area contributed by atoms with Crippen LogP contribution in [0.3, 0.4) is 0 Å². The number of fused-ring (bicyclic) bond motifs is 5. The summed E-state index contributed by atoms with van der Waals surface area (Å²) >= 11 is 0. The molecule has 5 heterocycles. The van der Waals surface area contributed by atoms with E-state index in [-0.39, 0.29) is 36.1 Å². The molecule has 2 aromatic carbocycles. The minimum absolute atomic E-state index is 0.171. The molecule has 10 heteroatoms. The molecule has 4 saturated heterocycles. The van der Waals surface area contributed by atoms with Crippen molar-refractivity contribution in [3.8, 4) is 0 Å². The summed E-state index contributed by atoms with van der Waals surface area (Å²) in [6.07, 6.45) is 5.13. The molecule has 3 aromatic rings. The molecular formula is C33H37N5O5. The molecule has 43 heavy (non-hydrogen) atoms. The van der Waals surface area contributed by atoms with Gasteiger partial charge in [0, 0.05) is 48.6 Å². The number of benzene rings is 2. The van der Waals surface area contributed by atoms with Crippen LogP contribution in [0.1, 0.15) is 48.8 Å². The summed E-state index contributed by atoms with van der Waals surface area (Å²) in [5.74, 6) is -3.31. The highest BCUT2D eigenvalue weighted by Crippen LogP contribution is 2.47. The summed E-state index contributed by atoms with van der Waals surface area (Å²) in [6.45, 7) is 2.56. The van der Waals surface area contributed by atoms with Crippen molar-refractivity contribution in [1.82, 2.24) is 25.0 Å². The Kier molecular flexibility index (Phi) is 5.86. The Hall–Kier alpha value is -3.73. The van der Waals surface area contributed by atoms with Gasteiger partial charge in [0.1, 0.15) is 12.1 Å². The molecule has 4 aliphatic heterocycles. The van der Waals surface area contributed by atoms with Crippen LogP contribution in [0.2, 0.25) is 0 Å². The number of carbonyl (C=O) groups is 3. The number of H-pyrrole nitrogens is 1. The zero-order valence-corrected chi connectivity index (χ0v) is 24.5. The largest absolute Gasteiger partial charge is 0.361 e. The van der Waals surface area contributed by atoms with Crippen molar-refractivity contribution in [3.05, 3.63) is 71.4 Å². The number of nitrogens with zero attached hydrogens (tertiary/aromatic N) is 3. The van der Waals surface area contributed by atoms with Crippen molar-refractivity contribution in [3.63, 3.8) is 0 Å². The Morgan fingerprint density at radius 3 is 2.79 bits per heavy atom. The van der Waals surface area contributed by atoms with Crippen LogP contribution < -0.4 is 5.32 Å². The Morgan fingerprint density at radius 2 is 1.98 bits per heavy atom. The number of piperidine rings is 1. The lowest BCUT2D eigenvalue weighted by Gasteiger charge is -2.48. The highest BCUT2D eigenvalue weighted by Gasteiger charge is 2.70. The van der Waals surface area contributed by atoms with Gasteiger partial charge in [-0.15, -0.1) is 0 Å². The van der Waals surface area contributed by atoms with Gasteiger partial charge >= 0.3 is 0 Å². The van der Waals surface area contributed by atoms with Crippen LogP contribution in [-0.2, 0) is 32.0 Å². The number of aromatic nitrogens is 1. The Labute approximate surface area is 250 Å². The summed E-state index contributed by atoms with van der Waals surface area (Å²) in [6, 6.07) is 14.4. The third kappa shape index (κ3) is 3.86. The van der Waals surface area contributed by atoms with E-state index in [0.29, 0.717) is 32.4 Å². The van der Waals surface area contributed by atoms with Gasteiger partial charge in [-0.05, 0) is 62.4 Å². The van der Waals surface area contributed by atoms with Crippen molar-refractivity contribution in [2.24, 2.45) is 5.92 Å². The highest BCUT2D eigenvalue weighted by molar-refractivity contribution is 5.97. The number of hydrogen-bond acceptors (Lipinski definition) is 6. The predicted octanol–water partition coefficient (Wildman–Crippen LogP) is 2.08. The van der Waals surface area contributed by atoms with Crippen LogP contribution in [0.25, 0.3) is 10.9 Å². The van der Waals surface area contributed by atoms with Crippen LogP contribution in [0.4, 0.5) is 0 Å². The number of piperazine rings is 1. The summed E-state index contributed by atoms with van der Waals surface area (Å²) in [7, 11) is 2.06. The SMILES string of the molecule is CN1C[C@H](C(=O)N[C@@]2(C)O[C@@]3(O)[C@H]4CCCN4C(=O)[C@@H](Cc4ccccc4)N3C2=O)C[C@@H]2c3cccc4[nH]cc(c34)C[C@@H]21. The second-order valence-corrected chi connectivity index (χ2v) is 13.2. The van der Waals surface area contributed by atoms with Crippen LogP contribution in [-0.4, -0.2) is 92.4 Å². The number of nitrogens with one attached hydrogen (secondary N) is 2. The third-order valence-corrected chi connectivity index (χ3v) is 10.6. The molecule has 10 nitrogen and oxygen atoms in total. The van der Waals surface area contributed by atoms with Gasteiger partial charge in [-0.2, -0.15) is 0 Å². The van der Waals surface area contributed by atoms with Crippen molar-refractivity contribution >= 4 is 28.6 Å². The van der Waals surface area contributed by atoms with Gasteiger partial charge in [-0.25, -0.2) is 0 Å². The first kappa shape index (κ1) is 26.9. The van der Waals surface area contributed by atoms with Crippen molar-refractivity contribution in [1.29, 1.82) is 0 Å². The Balaban J connectivity index is 1.08. The molecule has 0 unspecified atom stereocenters. The maximum Gasteiger partial charge on any atom is 0.280 e. The molecule has 7 atom stereocenters. The number of likely N-dealkylation sites (N-methyl/N-ethyl adjacent to an activating group) is 1. The van der Waals surface area contributed by atoms with Gasteiger partial charge in [0.2, 0.25) is 17.5 Å². The molecule has 0 radical (unpaired) electrons. The second kappa shape index (κ2) is 9.38. The van der Waals surface area contributed by atoms with E-state index in [1.165, 1.54) is 28.3 Å². The Morgan fingerprint density at radius 1 is 1.16 bits per heavy atom. The number of aliphatic hydroxyl groups is 1. The molecule has 1 aliphatic carbocycles. The Bertz CT molecular complexity index is 1640. The van der Waals surface area contributed by atoms with E-state index in [1.807, 2.05) is 30.3 Å². The van der Waals surface area contributed by atoms with E-state index < -0.39 is 29.6 Å². The lowest BCUT2D eigenvalue weighted by atomic mass is 9.72. The average molecular weight is 584 g/mol. The van der Waals surface area contributed by atoms with Gasteiger partial charge in [0.25, 0.3) is 11.8 Å². The number of rotatable bonds is 4. The molecule has 0 saturated carbocycles. The number of amides is 3. The molecule has 3 amide bonds. The van der Waals surface area contributed by atoms with E-state index in [9.17, 15) is 19.5 Å². The van der Waals surface area contributed by atoms with Gasteiger partial charge in [-0.3, -0.25) is 24.0 Å². The van der Waals surface area contributed by atoms with E-state index in [1.54, 1.807) is 4.90 Å². The van der Waals surface area contributed by atoms with Gasteiger partial charge in [-0.1, -0.05) is 42.5 Å². The minimum Gasteiger partial charge on any atom is -0.361 e. The molecule has 5 aliphatic rings. The van der Waals surface area contributed by atoms with Crippen LogP contribution in [0.15, 0.2) is 54.7 Å². The predicted molar refractivity (Wildman–Crippen MR) is 157 cm³/mol. The fraction of sp³-hybridized carbons (Fsp3) is 0.485. The van der Waals surface area contributed by atoms with E-state index >= 15 is 0 Å². The maximum absolute atomic E-state index is 14.2. The van der Waals surface area contributed by atoms with Crippen LogP contribution in [0.5, 0.6) is 0 Å². The number of ether oxygens (including phenoxy) is 1. The number of likely N-dealkylation sites (tertiary alicyclic amines) is 1. The first-order valence-electron chi connectivity index (χ1n) is 15.4. The van der Waals surface area contributed by atoms with E-state index in [2.05, 4.69) is 46.6 Å². The number of hydrogen-bond donors (Lipinski definition) is 3. The zero-order chi connectivity index (χ0) is 29.7. The molecule has 224 valence electrons. The molecule has 1 aromatic heterocycles. The van der Waals surface area contributed by atoms with Gasteiger partial charge in [0.05, 0.1) is 5.92 Å². The van der Waals surface area contributed by atoms with Crippen molar-refractivity contribution in [2.75, 3.05) is 20.1 Å². The topological polar surface area (TPSA) is 118 Å². The van der Waals surface area contributed by atoms with Crippen LogP contribution in [0, 0.1) is 5.92 Å². The van der Waals surface area contributed by atoms with Crippen LogP contribution >= 0.6 is 0 Å². The number of carbonyl (C=O) groups excluding carboxylic acids is 3. The van der Waals surface area contributed by atoms with Gasteiger partial charge < -0.3 is 25.2 Å². The smallest absolute Gasteiger partial charge is 0.280 e. The number of aromatic amines is 1. The summed E-state index contributed by atoms with van der Waals surface area (Å²) in [5.41, 5.74) is 2.74. The quantitative estimate of drug-likeness (QED) is 0.433. The monoisotopic (exact) mass is 583 g/mol. The molecule has 0 spiro atoms. The zero-order valence-electron chi connectivity index (χ0n) is 24.5.